The largest absolute Gasteiger partial charge is 0.396 e. The first kappa shape index (κ1) is 8.93. The molecule has 4 nitrogen and oxygen atoms in total. The van der Waals surface area contributed by atoms with Crippen LogP contribution in [0.3, 0.4) is 0 Å². The molecule has 2 N–H and O–H groups in total. The molecule has 0 aliphatic heterocycles. The molecular weight excluding hydrogens is 154 g/mol. The molecular formula is C8H13N3O. The van der Waals surface area contributed by atoms with E-state index in [0.29, 0.717) is 12.4 Å². The second kappa shape index (κ2) is 4.66. The summed E-state index contributed by atoms with van der Waals surface area (Å²) < 4.78 is 0. The van der Waals surface area contributed by atoms with Crippen LogP contribution in [0.15, 0.2) is 18.5 Å². The predicted octanol–water partition coefficient (Wildman–Crippen LogP) is 0.659. The fourth-order valence-corrected chi connectivity index (χ4v) is 0.860. The minimum absolute atomic E-state index is 0.182. The number of aromatic nitrogens is 2. The molecule has 0 fully saturated rings. The first-order chi connectivity index (χ1) is 5.83. The number of anilines is 1. The van der Waals surface area contributed by atoms with Gasteiger partial charge in [-0.05, 0) is 19.4 Å². The van der Waals surface area contributed by atoms with Crippen LogP contribution < -0.4 is 5.32 Å². The van der Waals surface area contributed by atoms with E-state index >= 15 is 0 Å². The van der Waals surface area contributed by atoms with Crippen LogP contribution in [0.5, 0.6) is 0 Å². The number of nitrogens with zero attached hydrogens (tertiary/aromatic N) is 2. The molecule has 0 saturated heterocycles. The number of nitrogens with one attached hydrogen (secondary N) is 1. The fourth-order valence-electron chi connectivity index (χ4n) is 0.860. The third-order valence-electron chi connectivity index (χ3n) is 1.50. The quantitative estimate of drug-likeness (QED) is 0.691. The van der Waals surface area contributed by atoms with Crippen LogP contribution in [0, 0.1) is 0 Å². The zero-order chi connectivity index (χ0) is 8.81. The fraction of sp³-hybridized carbons (Fsp3) is 0.500. The Bertz CT molecular complexity index is 215. The van der Waals surface area contributed by atoms with E-state index in [1.165, 1.54) is 0 Å². The van der Waals surface area contributed by atoms with Gasteiger partial charge in [0.1, 0.15) is 0 Å². The predicted molar refractivity (Wildman–Crippen MR) is 46.8 cm³/mol. The highest BCUT2D eigenvalue weighted by atomic mass is 16.3. The van der Waals surface area contributed by atoms with Crippen molar-refractivity contribution < 1.29 is 5.11 Å². The second-order valence-electron chi connectivity index (χ2n) is 2.63. The lowest BCUT2D eigenvalue weighted by Crippen LogP contribution is -2.17. The number of hydrogen-bond acceptors (Lipinski definition) is 4. The van der Waals surface area contributed by atoms with E-state index in [9.17, 15) is 0 Å². The molecule has 0 aromatic carbocycles. The van der Waals surface area contributed by atoms with Gasteiger partial charge in [0.15, 0.2) is 0 Å². The molecule has 0 radical (unpaired) electrons. The maximum atomic E-state index is 8.63. The van der Waals surface area contributed by atoms with Crippen molar-refractivity contribution >= 4 is 5.95 Å². The molecule has 1 rings (SSSR count). The highest BCUT2D eigenvalue weighted by Gasteiger charge is 2.00. The number of rotatable bonds is 4. The Morgan fingerprint density at radius 3 is 2.75 bits per heavy atom. The van der Waals surface area contributed by atoms with Crippen molar-refractivity contribution in [2.24, 2.45) is 0 Å². The molecule has 1 aromatic heterocycles. The molecule has 0 aliphatic carbocycles. The van der Waals surface area contributed by atoms with Gasteiger partial charge in [0.2, 0.25) is 5.95 Å². The van der Waals surface area contributed by atoms with Gasteiger partial charge in [0.05, 0.1) is 0 Å². The molecule has 0 amide bonds. The summed E-state index contributed by atoms with van der Waals surface area (Å²) in [7, 11) is 0. The van der Waals surface area contributed by atoms with Gasteiger partial charge in [0, 0.05) is 25.0 Å². The zero-order valence-electron chi connectivity index (χ0n) is 7.07. The number of hydrogen-bond donors (Lipinski definition) is 2. The Morgan fingerprint density at radius 2 is 2.17 bits per heavy atom. The minimum Gasteiger partial charge on any atom is -0.396 e. The first-order valence-electron chi connectivity index (χ1n) is 3.97. The van der Waals surface area contributed by atoms with Gasteiger partial charge in [-0.2, -0.15) is 0 Å². The number of aliphatic hydroxyl groups is 1. The van der Waals surface area contributed by atoms with E-state index in [4.69, 9.17) is 5.11 Å². The lowest BCUT2D eigenvalue weighted by Gasteiger charge is -2.10. The summed E-state index contributed by atoms with van der Waals surface area (Å²) in [5.41, 5.74) is 0. The summed E-state index contributed by atoms with van der Waals surface area (Å²) in [6.07, 6.45) is 4.07. The summed E-state index contributed by atoms with van der Waals surface area (Å²) >= 11 is 0. The van der Waals surface area contributed by atoms with E-state index in [1.54, 1.807) is 18.5 Å². The SMILES string of the molecule is CC(CCO)Nc1ncccn1. The highest BCUT2D eigenvalue weighted by Crippen LogP contribution is 1.99. The Balaban J connectivity index is 2.41. The Hall–Kier alpha value is -1.16. The molecule has 66 valence electrons. The topological polar surface area (TPSA) is 58.0 Å². The van der Waals surface area contributed by atoms with E-state index in [2.05, 4.69) is 15.3 Å². The van der Waals surface area contributed by atoms with Crippen molar-refractivity contribution in [1.29, 1.82) is 0 Å². The normalized spacial score (nSPS) is 12.5. The van der Waals surface area contributed by atoms with Crippen molar-refractivity contribution in [1.82, 2.24) is 9.97 Å². The summed E-state index contributed by atoms with van der Waals surface area (Å²) in [4.78, 5) is 7.99. The average Bonchev–Trinajstić information content (AvgIpc) is 2.06. The van der Waals surface area contributed by atoms with Gasteiger partial charge in [0.25, 0.3) is 0 Å². The first-order valence-corrected chi connectivity index (χ1v) is 3.97. The molecule has 0 aliphatic rings. The molecule has 12 heavy (non-hydrogen) atoms. The Labute approximate surface area is 71.7 Å². The van der Waals surface area contributed by atoms with E-state index in [-0.39, 0.29) is 12.6 Å². The van der Waals surface area contributed by atoms with E-state index in [0.717, 1.165) is 0 Å². The van der Waals surface area contributed by atoms with Crippen LogP contribution in [0.2, 0.25) is 0 Å². The Kier molecular flexibility index (Phi) is 3.47. The average molecular weight is 167 g/mol. The van der Waals surface area contributed by atoms with Crippen LogP contribution >= 0.6 is 0 Å². The van der Waals surface area contributed by atoms with Crippen molar-refractivity contribution in [3.8, 4) is 0 Å². The lowest BCUT2D eigenvalue weighted by molar-refractivity contribution is 0.282. The van der Waals surface area contributed by atoms with Gasteiger partial charge >= 0.3 is 0 Å². The maximum absolute atomic E-state index is 8.63. The summed E-state index contributed by atoms with van der Waals surface area (Å²) in [6, 6.07) is 1.97. The third-order valence-corrected chi connectivity index (χ3v) is 1.50. The minimum atomic E-state index is 0.182. The molecule has 1 aromatic rings. The van der Waals surface area contributed by atoms with Crippen LogP contribution in [0.25, 0.3) is 0 Å². The van der Waals surface area contributed by atoms with Crippen molar-refractivity contribution in [2.45, 2.75) is 19.4 Å². The summed E-state index contributed by atoms with van der Waals surface area (Å²) in [6.45, 7) is 2.16. The van der Waals surface area contributed by atoms with Gasteiger partial charge in [-0.15, -0.1) is 0 Å². The summed E-state index contributed by atoms with van der Waals surface area (Å²) in [5.74, 6) is 0.610. The summed E-state index contributed by atoms with van der Waals surface area (Å²) in [5, 5.41) is 11.7. The standard InChI is InChI=1S/C8H13N3O/c1-7(3-6-12)11-8-9-4-2-5-10-8/h2,4-5,7,12H,3,6H2,1H3,(H,9,10,11). The van der Waals surface area contributed by atoms with Crippen LogP contribution in [-0.4, -0.2) is 27.7 Å². The van der Waals surface area contributed by atoms with Gasteiger partial charge in [-0.3, -0.25) is 0 Å². The molecule has 1 unspecified atom stereocenters. The van der Waals surface area contributed by atoms with Crippen LogP contribution in [0.4, 0.5) is 5.95 Å². The van der Waals surface area contributed by atoms with Crippen molar-refractivity contribution in [3.63, 3.8) is 0 Å². The van der Waals surface area contributed by atoms with Crippen molar-refractivity contribution in [2.75, 3.05) is 11.9 Å². The molecule has 1 atom stereocenters. The maximum Gasteiger partial charge on any atom is 0.222 e. The smallest absolute Gasteiger partial charge is 0.222 e. The monoisotopic (exact) mass is 167 g/mol. The molecule has 0 spiro atoms. The van der Waals surface area contributed by atoms with Crippen molar-refractivity contribution in [3.05, 3.63) is 18.5 Å². The van der Waals surface area contributed by atoms with Gasteiger partial charge < -0.3 is 10.4 Å². The van der Waals surface area contributed by atoms with E-state index in [1.807, 2.05) is 6.92 Å². The molecule has 4 heteroatoms. The molecule has 1 heterocycles. The lowest BCUT2D eigenvalue weighted by atomic mass is 10.2. The highest BCUT2D eigenvalue weighted by molar-refractivity contribution is 5.23. The zero-order valence-corrected chi connectivity index (χ0v) is 7.07. The van der Waals surface area contributed by atoms with Gasteiger partial charge in [-0.25, -0.2) is 9.97 Å². The number of aliphatic hydroxyl groups excluding tert-OH is 1. The van der Waals surface area contributed by atoms with Crippen LogP contribution in [-0.2, 0) is 0 Å². The Morgan fingerprint density at radius 1 is 1.50 bits per heavy atom. The van der Waals surface area contributed by atoms with E-state index < -0.39 is 0 Å². The molecule has 0 bridgehead atoms. The van der Waals surface area contributed by atoms with Gasteiger partial charge in [-0.1, -0.05) is 0 Å². The second-order valence-corrected chi connectivity index (χ2v) is 2.63. The third kappa shape index (κ3) is 2.84. The van der Waals surface area contributed by atoms with Crippen LogP contribution in [0.1, 0.15) is 13.3 Å². The molecule has 0 saturated carbocycles.